The standard InChI is InChI=1S/C27H34N2O5S/c1-19-8-10-21(11-9-19)25(30)29(23-14-17-35-24(23)26(31)33-2)22-12-15-28(16-13-22)27(32)34-18-20-6-4-3-5-7-20/h3-7,14,17,19,21-22H,8-13,15-16,18H2,1-2H3. The van der Waals surface area contributed by atoms with E-state index in [9.17, 15) is 14.4 Å². The average molecular weight is 499 g/mol. The Hall–Kier alpha value is -2.87. The summed E-state index contributed by atoms with van der Waals surface area (Å²) < 4.78 is 10.5. The number of likely N-dealkylation sites (tertiary alicyclic amines) is 1. The first-order valence-corrected chi connectivity index (χ1v) is 13.3. The van der Waals surface area contributed by atoms with Crippen LogP contribution in [0.5, 0.6) is 0 Å². The number of esters is 1. The van der Waals surface area contributed by atoms with Crippen molar-refractivity contribution in [2.24, 2.45) is 11.8 Å². The SMILES string of the molecule is COC(=O)c1sccc1N(C(=O)C1CCC(C)CC1)C1CCN(C(=O)OCc2ccccc2)CC1. The van der Waals surface area contributed by atoms with Gasteiger partial charge in [0.05, 0.1) is 12.8 Å². The molecule has 4 rings (SSSR count). The molecule has 2 heterocycles. The van der Waals surface area contributed by atoms with Crippen LogP contribution in [-0.2, 0) is 20.9 Å². The lowest BCUT2D eigenvalue weighted by molar-refractivity contribution is -0.124. The molecular formula is C27H34N2O5S. The minimum atomic E-state index is -0.424. The van der Waals surface area contributed by atoms with Gasteiger partial charge in [0.2, 0.25) is 5.91 Å². The van der Waals surface area contributed by atoms with Crippen LogP contribution >= 0.6 is 11.3 Å². The normalized spacial score (nSPS) is 20.8. The van der Waals surface area contributed by atoms with Gasteiger partial charge in [0, 0.05) is 25.0 Å². The number of nitrogens with zero attached hydrogens (tertiary/aromatic N) is 2. The van der Waals surface area contributed by atoms with Gasteiger partial charge in [-0.25, -0.2) is 9.59 Å². The number of carbonyl (C=O) groups excluding carboxylic acids is 3. The predicted octanol–water partition coefficient (Wildman–Crippen LogP) is 5.50. The average Bonchev–Trinajstić information content (AvgIpc) is 3.37. The number of piperidine rings is 1. The van der Waals surface area contributed by atoms with Crippen molar-refractivity contribution in [2.45, 2.75) is 58.1 Å². The summed E-state index contributed by atoms with van der Waals surface area (Å²) in [6, 6.07) is 11.4. The Morgan fingerprint density at radius 1 is 1.00 bits per heavy atom. The van der Waals surface area contributed by atoms with Crippen molar-refractivity contribution in [1.29, 1.82) is 0 Å². The number of hydrogen-bond donors (Lipinski definition) is 0. The Morgan fingerprint density at radius 2 is 1.69 bits per heavy atom. The van der Waals surface area contributed by atoms with Crippen molar-refractivity contribution in [1.82, 2.24) is 4.90 Å². The molecule has 8 heteroatoms. The molecule has 1 saturated heterocycles. The molecule has 2 amide bonds. The molecule has 1 aliphatic carbocycles. The number of benzene rings is 1. The third-order valence-electron chi connectivity index (χ3n) is 7.17. The minimum Gasteiger partial charge on any atom is -0.465 e. The molecule has 0 unspecified atom stereocenters. The molecule has 1 aliphatic heterocycles. The maximum atomic E-state index is 13.8. The highest BCUT2D eigenvalue weighted by Crippen LogP contribution is 2.36. The zero-order chi connectivity index (χ0) is 24.8. The smallest absolute Gasteiger partial charge is 0.410 e. The van der Waals surface area contributed by atoms with Crippen molar-refractivity contribution in [2.75, 3.05) is 25.1 Å². The Balaban J connectivity index is 1.45. The van der Waals surface area contributed by atoms with Crippen molar-refractivity contribution in [3.63, 3.8) is 0 Å². The van der Waals surface area contributed by atoms with E-state index in [4.69, 9.17) is 9.47 Å². The van der Waals surface area contributed by atoms with E-state index in [0.29, 0.717) is 42.4 Å². The Morgan fingerprint density at radius 3 is 2.34 bits per heavy atom. The Labute approximate surface area is 211 Å². The van der Waals surface area contributed by atoms with Gasteiger partial charge in [-0.1, -0.05) is 37.3 Å². The van der Waals surface area contributed by atoms with Crippen molar-refractivity contribution < 1.29 is 23.9 Å². The maximum absolute atomic E-state index is 13.8. The lowest BCUT2D eigenvalue weighted by Gasteiger charge is -2.40. The van der Waals surface area contributed by atoms with Gasteiger partial charge in [-0.3, -0.25) is 4.79 Å². The lowest BCUT2D eigenvalue weighted by Crippen LogP contribution is -2.51. The van der Waals surface area contributed by atoms with E-state index in [2.05, 4.69) is 6.92 Å². The molecule has 7 nitrogen and oxygen atoms in total. The second-order valence-corrected chi connectivity index (χ2v) is 10.5. The van der Waals surface area contributed by atoms with Gasteiger partial charge in [-0.2, -0.15) is 0 Å². The molecule has 188 valence electrons. The van der Waals surface area contributed by atoms with Crippen LogP contribution in [0.15, 0.2) is 41.8 Å². The molecule has 0 atom stereocenters. The Bertz CT molecular complexity index is 1010. The zero-order valence-electron chi connectivity index (χ0n) is 20.5. The molecule has 2 aromatic rings. The van der Waals surface area contributed by atoms with Crippen molar-refractivity contribution >= 4 is 35.0 Å². The number of rotatable bonds is 6. The van der Waals surface area contributed by atoms with Crippen LogP contribution in [0.3, 0.4) is 0 Å². The van der Waals surface area contributed by atoms with E-state index in [0.717, 1.165) is 31.2 Å². The fraction of sp³-hybridized carbons (Fsp3) is 0.519. The highest BCUT2D eigenvalue weighted by Gasteiger charge is 2.37. The molecule has 1 saturated carbocycles. The first-order valence-electron chi connectivity index (χ1n) is 12.4. The largest absolute Gasteiger partial charge is 0.465 e. The Kier molecular flexibility index (Phi) is 8.44. The summed E-state index contributed by atoms with van der Waals surface area (Å²) in [5.74, 6) is 0.271. The summed E-state index contributed by atoms with van der Waals surface area (Å²) in [6.07, 6.45) is 4.76. The highest BCUT2D eigenvalue weighted by molar-refractivity contribution is 7.12. The fourth-order valence-electron chi connectivity index (χ4n) is 5.05. The van der Waals surface area contributed by atoms with Gasteiger partial charge in [0.15, 0.2) is 0 Å². The number of hydrogen-bond acceptors (Lipinski definition) is 6. The molecule has 35 heavy (non-hydrogen) atoms. The van der Waals surface area contributed by atoms with Crippen LogP contribution in [0.2, 0.25) is 0 Å². The molecule has 0 radical (unpaired) electrons. The first kappa shape index (κ1) is 25.2. The van der Waals surface area contributed by atoms with Crippen LogP contribution < -0.4 is 4.90 Å². The van der Waals surface area contributed by atoms with Gasteiger partial charge in [-0.15, -0.1) is 11.3 Å². The van der Waals surface area contributed by atoms with E-state index in [1.807, 2.05) is 46.7 Å². The first-order chi connectivity index (χ1) is 17.0. The van der Waals surface area contributed by atoms with Gasteiger partial charge < -0.3 is 19.3 Å². The second kappa shape index (κ2) is 11.7. The molecule has 2 aliphatic rings. The van der Waals surface area contributed by atoms with Crippen LogP contribution in [0.1, 0.15) is 60.7 Å². The summed E-state index contributed by atoms with van der Waals surface area (Å²) in [4.78, 5) is 42.9. The highest BCUT2D eigenvalue weighted by atomic mass is 32.1. The summed E-state index contributed by atoms with van der Waals surface area (Å²) in [5, 5.41) is 1.83. The molecule has 2 fully saturated rings. The van der Waals surface area contributed by atoms with E-state index >= 15 is 0 Å². The zero-order valence-corrected chi connectivity index (χ0v) is 21.3. The van der Waals surface area contributed by atoms with Crippen molar-refractivity contribution in [3.8, 4) is 0 Å². The van der Waals surface area contributed by atoms with Gasteiger partial charge in [-0.05, 0) is 61.5 Å². The van der Waals surface area contributed by atoms with Crippen molar-refractivity contribution in [3.05, 3.63) is 52.2 Å². The van der Waals surface area contributed by atoms with Gasteiger partial charge >= 0.3 is 12.1 Å². The number of carbonyl (C=O) groups is 3. The number of anilines is 1. The van der Waals surface area contributed by atoms with Crippen LogP contribution in [0.25, 0.3) is 0 Å². The van der Waals surface area contributed by atoms with Gasteiger partial charge in [0.1, 0.15) is 11.5 Å². The molecule has 1 aromatic heterocycles. The second-order valence-electron chi connectivity index (χ2n) is 9.55. The summed E-state index contributed by atoms with van der Waals surface area (Å²) in [5.41, 5.74) is 1.58. The summed E-state index contributed by atoms with van der Waals surface area (Å²) >= 11 is 1.30. The summed E-state index contributed by atoms with van der Waals surface area (Å²) in [7, 11) is 1.36. The third kappa shape index (κ3) is 6.04. The maximum Gasteiger partial charge on any atom is 0.410 e. The lowest BCUT2D eigenvalue weighted by atomic mass is 9.82. The molecule has 0 bridgehead atoms. The molecule has 1 aromatic carbocycles. The van der Waals surface area contributed by atoms with Crippen LogP contribution in [0.4, 0.5) is 10.5 Å². The van der Waals surface area contributed by atoms with E-state index in [1.165, 1.54) is 18.4 Å². The number of thiophene rings is 1. The van der Waals surface area contributed by atoms with E-state index < -0.39 is 5.97 Å². The van der Waals surface area contributed by atoms with E-state index in [-0.39, 0.29) is 30.6 Å². The summed E-state index contributed by atoms with van der Waals surface area (Å²) in [6.45, 7) is 3.48. The molecule has 0 N–H and O–H groups in total. The van der Waals surface area contributed by atoms with Crippen LogP contribution in [-0.4, -0.2) is 49.1 Å². The molecule has 0 spiro atoms. The third-order valence-corrected chi connectivity index (χ3v) is 8.05. The molecular weight excluding hydrogens is 464 g/mol. The fourth-order valence-corrected chi connectivity index (χ4v) is 5.85. The van der Waals surface area contributed by atoms with Gasteiger partial charge in [0.25, 0.3) is 0 Å². The quantitative estimate of drug-likeness (QED) is 0.492. The van der Waals surface area contributed by atoms with Crippen LogP contribution in [0, 0.1) is 11.8 Å². The number of methoxy groups -OCH3 is 1. The number of ether oxygens (including phenoxy) is 2. The van der Waals surface area contributed by atoms with E-state index in [1.54, 1.807) is 4.90 Å². The monoisotopic (exact) mass is 498 g/mol. The topological polar surface area (TPSA) is 76.2 Å². The predicted molar refractivity (Wildman–Crippen MR) is 135 cm³/mol. The minimum absolute atomic E-state index is 0.0366. The number of amides is 2.